The van der Waals surface area contributed by atoms with Crippen molar-refractivity contribution in [1.82, 2.24) is 5.32 Å². The first-order valence-electron chi connectivity index (χ1n) is 6.51. The molecule has 1 unspecified atom stereocenters. The van der Waals surface area contributed by atoms with Gasteiger partial charge in [-0.2, -0.15) is 0 Å². The summed E-state index contributed by atoms with van der Waals surface area (Å²) in [5, 5.41) is 13.2. The smallest absolute Gasteiger partial charge is 0.0914 e. The van der Waals surface area contributed by atoms with Crippen molar-refractivity contribution in [1.29, 1.82) is 0 Å². The summed E-state index contributed by atoms with van der Waals surface area (Å²) in [6, 6.07) is 19.9. The molecule has 0 radical (unpaired) electrons. The largest absolute Gasteiger partial charge is 0.387 e. The average molecular weight is 253 g/mol. The van der Waals surface area contributed by atoms with Gasteiger partial charge in [-0.25, -0.2) is 0 Å². The predicted octanol–water partition coefficient (Wildman–Crippen LogP) is 3.02. The maximum absolute atomic E-state index is 9.95. The Labute approximate surface area is 114 Å². The van der Waals surface area contributed by atoms with Crippen LogP contribution in [-0.2, 0) is 0 Å². The summed E-state index contributed by atoms with van der Waals surface area (Å²) in [6.07, 6.45) is 3.68. The Bertz CT molecular complexity index is 493. The van der Waals surface area contributed by atoms with E-state index in [9.17, 15) is 5.11 Å². The van der Waals surface area contributed by atoms with E-state index in [4.69, 9.17) is 0 Å². The minimum absolute atomic E-state index is 0.452. The Balaban J connectivity index is 1.71. The quantitative estimate of drug-likeness (QED) is 0.776. The van der Waals surface area contributed by atoms with Gasteiger partial charge in [-0.1, -0.05) is 72.8 Å². The lowest BCUT2D eigenvalue weighted by Crippen LogP contribution is -2.21. The summed E-state index contributed by atoms with van der Waals surface area (Å²) in [6.45, 7) is 1.31. The highest BCUT2D eigenvalue weighted by Gasteiger charge is 2.04. The lowest BCUT2D eigenvalue weighted by Gasteiger charge is -2.10. The Hall–Kier alpha value is -1.90. The van der Waals surface area contributed by atoms with Crippen LogP contribution in [0.15, 0.2) is 66.7 Å². The molecule has 98 valence electrons. The molecule has 0 fully saturated rings. The van der Waals surface area contributed by atoms with Gasteiger partial charge in [0.05, 0.1) is 6.10 Å². The van der Waals surface area contributed by atoms with E-state index in [1.807, 2.05) is 48.5 Å². The third-order valence-electron chi connectivity index (χ3n) is 2.89. The number of benzene rings is 2. The zero-order valence-electron chi connectivity index (χ0n) is 10.9. The normalized spacial score (nSPS) is 12.7. The van der Waals surface area contributed by atoms with E-state index >= 15 is 0 Å². The van der Waals surface area contributed by atoms with Gasteiger partial charge in [-0.05, 0) is 11.1 Å². The number of aliphatic hydroxyl groups excluding tert-OH is 1. The van der Waals surface area contributed by atoms with Gasteiger partial charge in [-0.15, -0.1) is 0 Å². The van der Waals surface area contributed by atoms with Crippen LogP contribution in [0.25, 0.3) is 6.08 Å². The van der Waals surface area contributed by atoms with Gasteiger partial charge in [0, 0.05) is 13.1 Å². The fraction of sp³-hybridized carbons (Fsp3) is 0.176. The van der Waals surface area contributed by atoms with E-state index in [2.05, 4.69) is 29.6 Å². The molecule has 0 aromatic heterocycles. The first kappa shape index (κ1) is 13.5. The van der Waals surface area contributed by atoms with Crippen molar-refractivity contribution < 1.29 is 5.11 Å². The molecule has 0 spiro atoms. The molecular weight excluding hydrogens is 234 g/mol. The van der Waals surface area contributed by atoms with E-state index in [-0.39, 0.29) is 0 Å². The zero-order valence-corrected chi connectivity index (χ0v) is 10.9. The van der Waals surface area contributed by atoms with Gasteiger partial charge < -0.3 is 10.4 Å². The Morgan fingerprint density at radius 3 is 2.26 bits per heavy atom. The maximum atomic E-state index is 9.95. The molecule has 0 amide bonds. The number of hydrogen-bond donors (Lipinski definition) is 2. The summed E-state index contributed by atoms with van der Waals surface area (Å²) in [4.78, 5) is 0. The van der Waals surface area contributed by atoms with Gasteiger partial charge in [0.25, 0.3) is 0 Å². The Kier molecular flexibility index (Phi) is 5.35. The van der Waals surface area contributed by atoms with Gasteiger partial charge in [-0.3, -0.25) is 0 Å². The highest BCUT2D eigenvalue weighted by molar-refractivity contribution is 5.48. The van der Waals surface area contributed by atoms with Crippen LogP contribution in [0.5, 0.6) is 0 Å². The van der Waals surface area contributed by atoms with Gasteiger partial charge in [0.2, 0.25) is 0 Å². The van der Waals surface area contributed by atoms with Crippen LogP contribution in [0, 0.1) is 0 Å². The van der Waals surface area contributed by atoms with Gasteiger partial charge >= 0.3 is 0 Å². The molecule has 0 heterocycles. The van der Waals surface area contributed by atoms with Crippen molar-refractivity contribution in [3.05, 3.63) is 77.9 Å². The number of hydrogen-bond acceptors (Lipinski definition) is 2. The SMILES string of the molecule is OC(CNCC=Cc1ccccc1)c1ccccc1. The molecule has 0 saturated heterocycles. The average Bonchev–Trinajstić information content (AvgIpc) is 2.49. The van der Waals surface area contributed by atoms with Crippen molar-refractivity contribution in [2.45, 2.75) is 6.10 Å². The molecule has 0 saturated carbocycles. The van der Waals surface area contributed by atoms with E-state index in [1.54, 1.807) is 0 Å². The Morgan fingerprint density at radius 2 is 1.58 bits per heavy atom. The molecule has 2 N–H and O–H groups in total. The van der Waals surface area contributed by atoms with Crippen molar-refractivity contribution in [3.63, 3.8) is 0 Å². The van der Waals surface area contributed by atoms with Crippen molar-refractivity contribution >= 4 is 6.08 Å². The molecule has 1 atom stereocenters. The van der Waals surface area contributed by atoms with Crippen LogP contribution < -0.4 is 5.32 Å². The minimum Gasteiger partial charge on any atom is -0.387 e. The zero-order chi connectivity index (χ0) is 13.3. The highest BCUT2D eigenvalue weighted by atomic mass is 16.3. The van der Waals surface area contributed by atoms with Crippen molar-refractivity contribution in [2.75, 3.05) is 13.1 Å². The molecule has 0 aliphatic rings. The maximum Gasteiger partial charge on any atom is 0.0914 e. The number of rotatable bonds is 6. The Morgan fingerprint density at radius 1 is 0.947 bits per heavy atom. The second kappa shape index (κ2) is 7.52. The summed E-state index contributed by atoms with van der Waals surface area (Å²) in [5.41, 5.74) is 2.13. The van der Waals surface area contributed by atoms with E-state index < -0.39 is 6.10 Å². The molecule has 0 aliphatic carbocycles. The molecular formula is C17H19NO. The topological polar surface area (TPSA) is 32.3 Å². The van der Waals surface area contributed by atoms with Crippen molar-refractivity contribution in [2.24, 2.45) is 0 Å². The molecule has 19 heavy (non-hydrogen) atoms. The van der Waals surface area contributed by atoms with Crippen molar-refractivity contribution in [3.8, 4) is 0 Å². The molecule has 2 aromatic carbocycles. The molecule has 0 aliphatic heterocycles. The third-order valence-corrected chi connectivity index (χ3v) is 2.89. The van der Waals surface area contributed by atoms with Crippen LogP contribution in [0.2, 0.25) is 0 Å². The second-order valence-electron chi connectivity index (χ2n) is 4.40. The van der Waals surface area contributed by atoms with E-state index in [1.165, 1.54) is 5.56 Å². The van der Waals surface area contributed by atoms with E-state index in [0.717, 1.165) is 12.1 Å². The first-order chi connectivity index (χ1) is 9.36. The van der Waals surface area contributed by atoms with Gasteiger partial charge in [0.15, 0.2) is 0 Å². The van der Waals surface area contributed by atoms with Crippen LogP contribution in [-0.4, -0.2) is 18.2 Å². The highest BCUT2D eigenvalue weighted by Crippen LogP contribution is 2.10. The standard InChI is InChI=1S/C17H19NO/c19-17(16-11-5-2-6-12-16)14-18-13-7-10-15-8-3-1-4-9-15/h1-12,17-19H,13-14H2. The van der Waals surface area contributed by atoms with Crippen LogP contribution >= 0.6 is 0 Å². The molecule has 2 nitrogen and oxygen atoms in total. The molecule has 0 bridgehead atoms. The lowest BCUT2D eigenvalue weighted by molar-refractivity contribution is 0.176. The lowest BCUT2D eigenvalue weighted by atomic mass is 10.1. The fourth-order valence-corrected chi connectivity index (χ4v) is 1.86. The van der Waals surface area contributed by atoms with Crippen LogP contribution in [0.1, 0.15) is 17.2 Å². The molecule has 2 heteroatoms. The van der Waals surface area contributed by atoms with Gasteiger partial charge in [0.1, 0.15) is 0 Å². The monoisotopic (exact) mass is 253 g/mol. The van der Waals surface area contributed by atoms with E-state index in [0.29, 0.717) is 6.54 Å². The second-order valence-corrected chi connectivity index (χ2v) is 4.40. The number of nitrogens with one attached hydrogen (secondary N) is 1. The van der Waals surface area contributed by atoms with Crippen LogP contribution in [0.3, 0.4) is 0 Å². The third kappa shape index (κ3) is 4.70. The molecule has 2 aromatic rings. The fourth-order valence-electron chi connectivity index (χ4n) is 1.86. The number of aliphatic hydroxyl groups is 1. The summed E-state index contributed by atoms with van der Waals surface area (Å²) >= 11 is 0. The summed E-state index contributed by atoms with van der Waals surface area (Å²) in [7, 11) is 0. The first-order valence-corrected chi connectivity index (χ1v) is 6.51. The molecule has 2 rings (SSSR count). The van der Waals surface area contributed by atoms with Crippen LogP contribution in [0.4, 0.5) is 0 Å². The summed E-state index contributed by atoms with van der Waals surface area (Å²) < 4.78 is 0. The minimum atomic E-state index is -0.452. The summed E-state index contributed by atoms with van der Waals surface area (Å²) in [5.74, 6) is 0. The predicted molar refractivity (Wildman–Crippen MR) is 79.7 cm³/mol.